The van der Waals surface area contributed by atoms with Crippen molar-refractivity contribution in [3.8, 4) is 0 Å². The van der Waals surface area contributed by atoms with E-state index in [1.54, 1.807) is 0 Å². The molecule has 2 aromatic rings. The Morgan fingerprint density at radius 2 is 1.80 bits per heavy atom. The topological polar surface area (TPSA) is 15.3 Å². The predicted octanol–water partition coefficient (Wildman–Crippen LogP) is 3.01. The Bertz CT molecular complexity index is 550. The van der Waals surface area contributed by atoms with Crippen molar-refractivity contribution in [3.05, 3.63) is 71.3 Å². The first-order valence-electron chi connectivity index (χ1n) is 7.36. The van der Waals surface area contributed by atoms with Crippen LogP contribution < -0.4 is 5.32 Å². The fourth-order valence-corrected chi connectivity index (χ4v) is 2.84. The van der Waals surface area contributed by atoms with Gasteiger partial charge in [-0.3, -0.25) is 0 Å². The Morgan fingerprint density at radius 3 is 2.60 bits per heavy atom. The van der Waals surface area contributed by atoms with Crippen molar-refractivity contribution in [2.45, 2.75) is 19.0 Å². The van der Waals surface area contributed by atoms with Crippen LogP contribution in [0, 0.1) is 0 Å². The van der Waals surface area contributed by atoms with Crippen LogP contribution >= 0.6 is 0 Å². The highest BCUT2D eigenvalue weighted by Gasteiger charge is 2.24. The van der Waals surface area contributed by atoms with Crippen molar-refractivity contribution < 1.29 is 0 Å². The average Bonchev–Trinajstić information content (AvgIpc) is 2.45. The summed E-state index contributed by atoms with van der Waals surface area (Å²) in [7, 11) is 2.18. The van der Waals surface area contributed by atoms with Crippen molar-refractivity contribution in [3.63, 3.8) is 0 Å². The second kappa shape index (κ2) is 6.21. The average molecular weight is 266 g/mol. The molecule has 2 nitrogen and oxygen atoms in total. The van der Waals surface area contributed by atoms with Gasteiger partial charge in [-0.1, -0.05) is 54.6 Å². The molecule has 3 rings (SSSR count). The molecule has 1 N–H and O–H groups in total. The van der Waals surface area contributed by atoms with E-state index in [9.17, 15) is 0 Å². The molecule has 20 heavy (non-hydrogen) atoms. The predicted molar refractivity (Wildman–Crippen MR) is 83.7 cm³/mol. The quantitative estimate of drug-likeness (QED) is 0.864. The largest absolute Gasteiger partial charge is 0.308 e. The van der Waals surface area contributed by atoms with Gasteiger partial charge in [0.1, 0.15) is 0 Å². The van der Waals surface area contributed by atoms with E-state index in [-0.39, 0.29) is 0 Å². The molecule has 0 saturated heterocycles. The maximum absolute atomic E-state index is 3.65. The number of nitrogens with one attached hydrogen (secondary N) is 1. The van der Waals surface area contributed by atoms with E-state index in [2.05, 4.69) is 71.9 Å². The lowest BCUT2D eigenvalue weighted by molar-refractivity contribution is 0.313. The summed E-state index contributed by atoms with van der Waals surface area (Å²) in [5.41, 5.74) is 4.37. The van der Waals surface area contributed by atoms with Crippen LogP contribution in [0.25, 0.3) is 0 Å². The van der Waals surface area contributed by atoms with Crippen LogP contribution in [0.3, 0.4) is 0 Å². The van der Waals surface area contributed by atoms with Gasteiger partial charge in [0.15, 0.2) is 0 Å². The summed E-state index contributed by atoms with van der Waals surface area (Å²) in [6, 6.07) is 19.9. The second-order valence-corrected chi connectivity index (χ2v) is 5.63. The molecule has 2 heteroatoms. The van der Waals surface area contributed by atoms with Gasteiger partial charge in [0.05, 0.1) is 0 Å². The highest BCUT2D eigenvalue weighted by Crippen LogP contribution is 2.32. The Labute approximate surface area is 121 Å². The molecule has 0 unspecified atom stereocenters. The third-order valence-corrected chi connectivity index (χ3v) is 4.03. The normalized spacial score (nSPS) is 16.8. The van der Waals surface area contributed by atoms with Crippen molar-refractivity contribution in [1.29, 1.82) is 0 Å². The van der Waals surface area contributed by atoms with Crippen LogP contribution in [-0.2, 0) is 13.0 Å². The first-order chi connectivity index (χ1) is 9.83. The lowest BCUT2D eigenvalue weighted by Crippen LogP contribution is -2.36. The van der Waals surface area contributed by atoms with Gasteiger partial charge < -0.3 is 10.2 Å². The summed E-state index contributed by atoms with van der Waals surface area (Å²) in [6.45, 7) is 3.14. The third kappa shape index (κ3) is 3.09. The van der Waals surface area contributed by atoms with Crippen LogP contribution in [0.4, 0.5) is 0 Å². The Morgan fingerprint density at radius 1 is 1.05 bits per heavy atom. The number of rotatable bonds is 6. The number of likely N-dealkylation sites (N-methyl/N-ethyl adjacent to an activating group) is 1. The number of nitrogens with zero attached hydrogens (tertiary/aromatic N) is 1. The SMILES string of the molecule is CN(CCN[C@H]1Cc2ccccc21)Cc1ccccc1. The van der Waals surface area contributed by atoms with Gasteiger partial charge >= 0.3 is 0 Å². The molecular formula is C18H22N2. The zero-order chi connectivity index (χ0) is 13.8. The molecule has 0 bridgehead atoms. The Kier molecular flexibility index (Phi) is 4.14. The van der Waals surface area contributed by atoms with Crippen molar-refractivity contribution in [2.24, 2.45) is 0 Å². The number of hydrogen-bond acceptors (Lipinski definition) is 2. The van der Waals surface area contributed by atoms with Gasteiger partial charge in [-0.05, 0) is 30.2 Å². The fourth-order valence-electron chi connectivity index (χ4n) is 2.84. The maximum atomic E-state index is 3.65. The van der Waals surface area contributed by atoms with Crippen molar-refractivity contribution in [1.82, 2.24) is 10.2 Å². The molecule has 1 aliphatic carbocycles. The smallest absolute Gasteiger partial charge is 0.0364 e. The molecule has 0 fully saturated rings. The zero-order valence-corrected chi connectivity index (χ0v) is 12.0. The van der Waals surface area contributed by atoms with Gasteiger partial charge in [-0.25, -0.2) is 0 Å². The van der Waals surface area contributed by atoms with Crippen LogP contribution in [0.2, 0.25) is 0 Å². The van der Waals surface area contributed by atoms with Crippen LogP contribution in [0.1, 0.15) is 22.7 Å². The van der Waals surface area contributed by atoms with E-state index < -0.39 is 0 Å². The van der Waals surface area contributed by atoms with E-state index in [4.69, 9.17) is 0 Å². The van der Waals surface area contributed by atoms with Gasteiger partial charge in [-0.15, -0.1) is 0 Å². The molecule has 104 valence electrons. The molecule has 0 amide bonds. The molecule has 0 aliphatic heterocycles. The minimum Gasteiger partial charge on any atom is -0.308 e. The number of benzene rings is 2. The molecule has 1 aliphatic rings. The summed E-state index contributed by atoms with van der Waals surface area (Å²) in [5, 5.41) is 3.65. The molecule has 0 heterocycles. The molecule has 0 aromatic heterocycles. The number of hydrogen-bond donors (Lipinski definition) is 1. The Hall–Kier alpha value is -1.64. The minimum absolute atomic E-state index is 0.566. The number of fused-ring (bicyclic) bond motifs is 1. The summed E-state index contributed by atoms with van der Waals surface area (Å²) < 4.78 is 0. The summed E-state index contributed by atoms with van der Waals surface area (Å²) in [4.78, 5) is 2.37. The second-order valence-electron chi connectivity index (χ2n) is 5.63. The van der Waals surface area contributed by atoms with Crippen LogP contribution in [-0.4, -0.2) is 25.0 Å². The molecule has 0 saturated carbocycles. The fraction of sp³-hybridized carbons (Fsp3) is 0.333. The zero-order valence-electron chi connectivity index (χ0n) is 12.0. The van der Waals surface area contributed by atoms with E-state index >= 15 is 0 Å². The third-order valence-electron chi connectivity index (χ3n) is 4.03. The monoisotopic (exact) mass is 266 g/mol. The van der Waals surface area contributed by atoms with Crippen molar-refractivity contribution >= 4 is 0 Å². The maximum Gasteiger partial charge on any atom is 0.0364 e. The van der Waals surface area contributed by atoms with Crippen LogP contribution in [0.5, 0.6) is 0 Å². The van der Waals surface area contributed by atoms with Gasteiger partial charge in [-0.2, -0.15) is 0 Å². The lowest BCUT2D eigenvalue weighted by Gasteiger charge is -2.31. The first kappa shape index (κ1) is 13.3. The highest BCUT2D eigenvalue weighted by atomic mass is 15.1. The molecule has 0 spiro atoms. The lowest BCUT2D eigenvalue weighted by atomic mass is 9.83. The van der Waals surface area contributed by atoms with Gasteiger partial charge in [0.25, 0.3) is 0 Å². The molecule has 0 radical (unpaired) electrons. The van der Waals surface area contributed by atoms with Gasteiger partial charge in [0, 0.05) is 25.7 Å². The minimum atomic E-state index is 0.566. The molecule has 1 atom stereocenters. The standard InChI is InChI=1S/C18H22N2/c1-20(14-15-7-3-2-4-8-15)12-11-19-18-13-16-9-5-6-10-17(16)18/h2-10,18-19H,11-14H2,1H3/t18-/m0/s1. The van der Waals surface area contributed by atoms with E-state index in [1.807, 2.05) is 0 Å². The van der Waals surface area contributed by atoms with E-state index in [0.717, 1.165) is 19.6 Å². The summed E-state index contributed by atoms with van der Waals surface area (Å²) in [6.07, 6.45) is 1.18. The van der Waals surface area contributed by atoms with Crippen molar-refractivity contribution in [2.75, 3.05) is 20.1 Å². The highest BCUT2D eigenvalue weighted by molar-refractivity contribution is 5.39. The summed E-state index contributed by atoms with van der Waals surface area (Å²) in [5.74, 6) is 0. The molecule has 2 aromatic carbocycles. The van der Waals surface area contributed by atoms with Gasteiger partial charge in [0.2, 0.25) is 0 Å². The summed E-state index contributed by atoms with van der Waals surface area (Å²) >= 11 is 0. The van der Waals surface area contributed by atoms with E-state index in [0.29, 0.717) is 6.04 Å². The Balaban J connectivity index is 1.41. The molecular weight excluding hydrogens is 244 g/mol. The van der Waals surface area contributed by atoms with Crippen LogP contribution in [0.15, 0.2) is 54.6 Å². The first-order valence-corrected chi connectivity index (χ1v) is 7.36. The van der Waals surface area contributed by atoms with E-state index in [1.165, 1.54) is 23.1 Å².